The number of hydrogen-bond donors (Lipinski definition) is 3. The molecule has 3 rings (SSSR count). The summed E-state index contributed by atoms with van der Waals surface area (Å²) in [5.74, 6) is -2.52. The van der Waals surface area contributed by atoms with Crippen LogP contribution in [0.4, 0.5) is 0 Å². The summed E-state index contributed by atoms with van der Waals surface area (Å²) in [4.78, 5) is 38.6. The highest BCUT2D eigenvalue weighted by Crippen LogP contribution is 2.21. The molecule has 2 heterocycles. The van der Waals surface area contributed by atoms with Crippen LogP contribution >= 0.6 is 0 Å². The van der Waals surface area contributed by atoms with Gasteiger partial charge in [0, 0.05) is 47.6 Å². The number of nitrogens with zero attached hydrogens (tertiary/aromatic N) is 2. The number of rotatable bonds is 5. The molecular formula is C20H19N3O5. The van der Waals surface area contributed by atoms with Crippen molar-refractivity contribution in [2.45, 2.75) is 6.92 Å². The molecule has 0 aliphatic heterocycles. The van der Waals surface area contributed by atoms with Gasteiger partial charge in [-0.1, -0.05) is 18.2 Å². The molecule has 28 heavy (non-hydrogen) atoms. The molecule has 0 saturated heterocycles. The van der Waals surface area contributed by atoms with Crippen LogP contribution in [0.25, 0.3) is 17.0 Å². The molecule has 3 aromatic rings. The number of hydrogen-bond acceptors (Lipinski definition) is 4. The molecule has 0 amide bonds. The molecule has 3 N–H and O–H groups in total. The number of carboxylic acids is 2. The van der Waals surface area contributed by atoms with Crippen molar-refractivity contribution in [3.05, 3.63) is 72.0 Å². The first-order valence-corrected chi connectivity index (χ1v) is 8.20. The van der Waals surface area contributed by atoms with Crippen molar-refractivity contribution in [1.82, 2.24) is 14.5 Å². The Morgan fingerprint density at radius 1 is 1.07 bits per heavy atom. The normalized spacial score (nSPS) is 10.9. The minimum Gasteiger partial charge on any atom is -0.478 e. The van der Waals surface area contributed by atoms with E-state index >= 15 is 0 Å². The minimum absolute atomic E-state index is 0.0100. The number of ketones is 1. The van der Waals surface area contributed by atoms with Crippen molar-refractivity contribution < 1.29 is 24.6 Å². The highest BCUT2D eigenvalue weighted by molar-refractivity contribution is 6.14. The number of carbonyl (C=O) groups is 3. The Balaban J connectivity index is 0.000000300. The lowest BCUT2D eigenvalue weighted by Gasteiger charge is -1.94. The Kier molecular flexibility index (Phi) is 6.64. The molecule has 0 fully saturated rings. The number of fused-ring (bicyclic) bond motifs is 1. The Morgan fingerprint density at radius 3 is 2.29 bits per heavy atom. The average molecular weight is 381 g/mol. The lowest BCUT2D eigenvalue weighted by Crippen LogP contribution is -1.93. The van der Waals surface area contributed by atoms with Crippen LogP contribution in [0.3, 0.4) is 0 Å². The number of allylic oxidation sites excluding steroid dienone is 1. The van der Waals surface area contributed by atoms with Gasteiger partial charge in [-0.3, -0.25) is 4.79 Å². The molecule has 8 heteroatoms. The summed E-state index contributed by atoms with van der Waals surface area (Å²) in [7, 11) is 1.95. The molecule has 1 aromatic carbocycles. The fraction of sp³-hybridized carbons (Fsp3) is 0.100. The van der Waals surface area contributed by atoms with Gasteiger partial charge in [0.05, 0.1) is 12.0 Å². The topological polar surface area (TPSA) is 125 Å². The van der Waals surface area contributed by atoms with Crippen molar-refractivity contribution in [2.75, 3.05) is 0 Å². The summed E-state index contributed by atoms with van der Waals surface area (Å²) in [5.41, 5.74) is 3.51. The molecule has 0 spiro atoms. The summed E-state index contributed by atoms with van der Waals surface area (Å²) >= 11 is 0. The second-order valence-corrected chi connectivity index (χ2v) is 5.79. The molecule has 0 atom stereocenters. The number of imidazole rings is 1. The smallest absolute Gasteiger partial charge is 0.328 e. The first-order valence-electron chi connectivity index (χ1n) is 8.20. The number of aromatic nitrogens is 3. The van der Waals surface area contributed by atoms with Crippen LogP contribution in [0.2, 0.25) is 0 Å². The predicted octanol–water partition coefficient (Wildman–Crippen LogP) is 2.82. The van der Waals surface area contributed by atoms with E-state index in [0.29, 0.717) is 17.7 Å². The van der Waals surface area contributed by atoms with Crippen LogP contribution in [0, 0.1) is 6.92 Å². The number of aromatic amines is 1. The second kappa shape index (κ2) is 9.13. The van der Waals surface area contributed by atoms with Gasteiger partial charge < -0.3 is 19.8 Å². The Morgan fingerprint density at radius 2 is 1.71 bits per heavy atom. The average Bonchev–Trinajstić information content (AvgIpc) is 3.22. The van der Waals surface area contributed by atoms with Gasteiger partial charge in [0.15, 0.2) is 5.78 Å². The molecule has 0 bridgehead atoms. The fourth-order valence-electron chi connectivity index (χ4n) is 2.46. The van der Waals surface area contributed by atoms with E-state index in [1.165, 1.54) is 0 Å². The molecule has 8 nitrogen and oxygen atoms in total. The van der Waals surface area contributed by atoms with E-state index in [-0.39, 0.29) is 5.78 Å². The van der Waals surface area contributed by atoms with E-state index in [0.717, 1.165) is 22.3 Å². The van der Waals surface area contributed by atoms with Gasteiger partial charge in [-0.15, -0.1) is 0 Å². The highest BCUT2D eigenvalue weighted by Gasteiger charge is 2.11. The lowest BCUT2D eigenvalue weighted by atomic mass is 10.1. The molecule has 0 radical (unpaired) electrons. The zero-order valence-corrected chi connectivity index (χ0v) is 15.3. The van der Waals surface area contributed by atoms with Gasteiger partial charge in [-0.25, -0.2) is 14.6 Å². The largest absolute Gasteiger partial charge is 0.478 e. The maximum Gasteiger partial charge on any atom is 0.328 e. The third kappa shape index (κ3) is 5.28. The van der Waals surface area contributed by atoms with Crippen LogP contribution in [0.1, 0.15) is 21.7 Å². The molecule has 0 saturated carbocycles. The SMILES string of the molecule is Cc1[nH]cnc1/C=C/C(=O)c1cn(C)c2ccccc12.O=C(O)/C=C\C(=O)O. The zero-order valence-electron chi connectivity index (χ0n) is 15.3. The standard InChI is InChI=1S/C16H15N3O.C4H4O4/c1-11-14(18-10-17-11)7-8-16(20)13-9-19(2)15-6-4-3-5-12(13)15;5-3(6)1-2-4(7)8/h3-10H,1-2H3,(H,17,18);1-2H,(H,5,6)(H,7,8)/b8-7+;2-1-. The molecule has 2 aromatic heterocycles. The number of aliphatic carboxylic acids is 2. The van der Waals surface area contributed by atoms with E-state index in [1.807, 2.05) is 49.0 Å². The van der Waals surface area contributed by atoms with Crippen LogP contribution < -0.4 is 0 Å². The predicted molar refractivity (Wildman–Crippen MR) is 104 cm³/mol. The summed E-state index contributed by atoms with van der Waals surface area (Å²) in [6.45, 7) is 1.93. The maximum absolute atomic E-state index is 12.3. The number of carbonyl (C=O) groups excluding carboxylic acids is 1. The van der Waals surface area contributed by atoms with Crippen molar-refractivity contribution in [3.63, 3.8) is 0 Å². The van der Waals surface area contributed by atoms with Crippen LogP contribution in [-0.4, -0.2) is 42.5 Å². The van der Waals surface area contributed by atoms with Crippen molar-refractivity contribution in [1.29, 1.82) is 0 Å². The van der Waals surface area contributed by atoms with Gasteiger partial charge in [0.1, 0.15) is 0 Å². The monoisotopic (exact) mass is 381 g/mol. The number of aryl methyl sites for hydroxylation is 2. The number of carboxylic acid groups (broad SMARTS) is 2. The summed E-state index contributed by atoms with van der Waals surface area (Å²) in [5, 5.41) is 16.6. The van der Waals surface area contributed by atoms with Crippen LogP contribution in [-0.2, 0) is 16.6 Å². The Labute approximate surface area is 160 Å². The lowest BCUT2D eigenvalue weighted by molar-refractivity contribution is -0.134. The van der Waals surface area contributed by atoms with E-state index in [4.69, 9.17) is 10.2 Å². The molecule has 0 unspecified atom stereocenters. The van der Waals surface area contributed by atoms with E-state index in [2.05, 4.69) is 9.97 Å². The van der Waals surface area contributed by atoms with Crippen molar-refractivity contribution >= 4 is 34.7 Å². The van der Waals surface area contributed by atoms with Crippen molar-refractivity contribution in [3.8, 4) is 0 Å². The van der Waals surface area contributed by atoms with E-state index in [9.17, 15) is 14.4 Å². The molecular weight excluding hydrogens is 362 g/mol. The summed E-state index contributed by atoms with van der Waals surface area (Å²) in [6.07, 6.45) is 7.93. The summed E-state index contributed by atoms with van der Waals surface area (Å²) < 4.78 is 1.97. The minimum atomic E-state index is -1.26. The first kappa shape index (κ1) is 20.4. The van der Waals surface area contributed by atoms with Crippen LogP contribution in [0.15, 0.2) is 55.0 Å². The summed E-state index contributed by atoms with van der Waals surface area (Å²) in [6, 6.07) is 7.89. The Bertz CT molecular complexity index is 1060. The molecule has 0 aliphatic rings. The van der Waals surface area contributed by atoms with E-state index < -0.39 is 11.9 Å². The number of nitrogens with one attached hydrogen (secondary N) is 1. The van der Waals surface area contributed by atoms with Crippen LogP contribution in [0.5, 0.6) is 0 Å². The van der Waals surface area contributed by atoms with Gasteiger partial charge in [0.2, 0.25) is 0 Å². The number of benzene rings is 1. The maximum atomic E-state index is 12.3. The zero-order chi connectivity index (χ0) is 20.7. The van der Waals surface area contributed by atoms with E-state index in [1.54, 1.807) is 18.5 Å². The third-order valence-corrected chi connectivity index (χ3v) is 3.79. The number of para-hydroxylation sites is 1. The number of H-pyrrole nitrogens is 1. The van der Waals surface area contributed by atoms with Gasteiger partial charge >= 0.3 is 11.9 Å². The Hall–Kier alpha value is -3.94. The van der Waals surface area contributed by atoms with Gasteiger partial charge in [-0.05, 0) is 25.1 Å². The fourth-order valence-corrected chi connectivity index (χ4v) is 2.46. The highest BCUT2D eigenvalue weighted by atomic mass is 16.4. The quantitative estimate of drug-likeness (QED) is 0.461. The van der Waals surface area contributed by atoms with Gasteiger partial charge in [0.25, 0.3) is 0 Å². The molecule has 0 aliphatic carbocycles. The molecule has 144 valence electrons. The third-order valence-electron chi connectivity index (χ3n) is 3.79. The van der Waals surface area contributed by atoms with Crippen molar-refractivity contribution in [2.24, 2.45) is 7.05 Å². The van der Waals surface area contributed by atoms with Gasteiger partial charge in [-0.2, -0.15) is 0 Å². The first-order chi connectivity index (χ1) is 13.3. The second-order valence-electron chi connectivity index (χ2n) is 5.79.